The number of hydrogen-bond donors (Lipinski definition) is 3. The normalized spacial score (nSPS) is 22.6. The first-order chi connectivity index (χ1) is 9.29. The first-order valence-electron chi connectivity index (χ1n) is 6.46. The third-order valence-corrected chi connectivity index (χ3v) is 2.94. The maximum absolute atomic E-state index is 8.89. The molecule has 4 nitrogen and oxygen atoms in total. The maximum atomic E-state index is 8.89. The Labute approximate surface area is 113 Å². The van der Waals surface area contributed by atoms with Crippen LogP contribution in [0.1, 0.15) is 0 Å². The average Bonchev–Trinajstić information content (AvgIpc) is 2.49. The predicted octanol–water partition coefficient (Wildman–Crippen LogP) is 1.09. The van der Waals surface area contributed by atoms with E-state index in [0.717, 1.165) is 0 Å². The van der Waals surface area contributed by atoms with Crippen LogP contribution in [0, 0.1) is 0 Å². The Morgan fingerprint density at radius 1 is 1.11 bits per heavy atom. The van der Waals surface area contributed by atoms with Gasteiger partial charge in [0.2, 0.25) is 0 Å². The number of fused-ring (bicyclic) bond motifs is 1. The van der Waals surface area contributed by atoms with Crippen molar-refractivity contribution in [2.45, 2.75) is 12.3 Å². The molecule has 4 N–H and O–H groups in total. The summed E-state index contributed by atoms with van der Waals surface area (Å²) in [4.78, 5) is 0. The van der Waals surface area contributed by atoms with Crippen molar-refractivity contribution in [1.29, 1.82) is 0 Å². The van der Waals surface area contributed by atoms with Crippen LogP contribution >= 0.6 is 0 Å². The summed E-state index contributed by atoms with van der Waals surface area (Å²) in [6, 6.07) is 16.7. The SMILES string of the molecule is NCC1NCC(O)CO1.c1ccc2ccccc2c1. The second-order valence-corrected chi connectivity index (χ2v) is 4.47. The van der Waals surface area contributed by atoms with Gasteiger partial charge in [0, 0.05) is 13.1 Å². The Morgan fingerprint density at radius 3 is 2.00 bits per heavy atom. The Morgan fingerprint density at radius 2 is 1.63 bits per heavy atom. The van der Waals surface area contributed by atoms with Gasteiger partial charge >= 0.3 is 0 Å². The van der Waals surface area contributed by atoms with Crippen molar-refractivity contribution in [2.75, 3.05) is 19.7 Å². The molecule has 1 heterocycles. The molecule has 4 heteroatoms. The van der Waals surface area contributed by atoms with Crippen LogP contribution in [0.2, 0.25) is 0 Å². The van der Waals surface area contributed by atoms with Gasteiger partial charge in [-0.05, 0) is 10.8 Å². The second kappa shape index (κ2) is 7.21. The summed E-state index contributed by atoms with van der Waals surface area (Å²) < 4.78 is 5.05. The van der Waals surface area contributed by atoms with E-state index < -0.39 is 0 Å². The number of nitrogens with one attached hydrogen (secondary N) is 1. The van der Waals surface area contributed by atoms with Crippen LogP contribution in [0.4, 0.5) is 0 Å². The summed E-state index contributed by atoms with van der Waals surface area (Å²) in [5, 5.41) is 14.4. The molecule has 3 rings (SSSR count). The van der Waals surface area contributed by atoms with E-state index in [1.807, 2.05) is 0 Å². The summed E-state index contributed by atoms with van der Waals surface area (Å²) in [5.41, 5.74) is 5.28. The van der Waals surface area contributed by atoms with E-state index in [0.29, 0.717) is 19.7 Å². The fraction of sp³-hybridized carbons (Fsp3) is 0.333. The molecule has 1 aliphatic rings. The van der Waals surface area contributed by atoms with E-state index in [2.05, 4.69) is 53.8 Å². The van der Waals surface area contributed by atoms with Crippen molar-refractivity contribution in [3.05, 3.63) is 48.5 Å². The first-order valence-corrected chi connectivity index (χ1v) is 6.46. The van der Waals surface area contributed by atoms with Gasteiger partial charge in [-0.15, -0.1) is 0 Å². The number of ether oxygens (including phenoxy) is 1. The smallest absolute Gasteiger partial charge is 0.120 e. The van der Waals surface area contributed by atoms with E-state index >= 15 is 0 Å². The number of aliphatic hydroxyl groups excluding tert-OH is 1. The van der Waals surface area contributed by atoms with Crippen LogP contribution in [-0.2, 0) is 4.74 Å². The summed E-state index contributed by atoms with van der Waals surface area (Å²) in [6.07, 6.45) is -0.429. The molecule has 0 radical (unpaired) electrons. The minimum Gasteiger partial charge on any atom is -0.389 e. The molecular formula is C15H20N2O2. The van der Waals surface area contributed by atoms with Crippen molar-refractivity contribution < 1.29 is 9.84 Å². The van der Waals surface area contributed by atoms with Gasteiger partial charge in [0.1, 0.15) is 6.23 Å². The summed E-state index contributed by atoms with van der Waals surface area (Å²) in [6.45, 7) is 1.45. The standard InChI is InChI=1S/C10H8.C5H12N2O2/c1-2-6-10-8-4-3-7-9(10)5-1;6-1-5-7-2-4(8)3-9-5/h1-8H;4-5,7-8H,1-3,6H2. The first kappa shape index (κ1) is 14.0. The lowest BCUT2D eigenvalue weighted by Crippen LogP contribution is -2.49. The second-order valence-electron chi connectivity index (χ2n) is 4.47. The van der Waals surface area contributed by atoms with Gasteiger partial charge < -0.3 is 15.6 Å². The molecule has 0 spiro atoms. The highest BCUT2D eigenvalue weighted by Crippen LogP contribution is 2.11. The van der Waals surface area contributed by atoms with Gasteiger partial charge in [0.15, 0.2) is 0 Å². The number of benzene rings is 2. The third kappa shape index (κ3) is 4.29. The predicted molar refractivity (Wildman–Crippen MR) is 76.8 cm³/mol. The van der Waals surface area contributed by atoms with Gasteiger partial charge in [-0.2, -0.15) is 0 Å². The van der Waals surface area contributed by atoms with Gasteiger partial charge in [-0.25, -0.2) is 0 Å². The van der Waals surface area contributed by atoms with Crippen molar-refractivity contribution >= 4 is 10.8 Å². The highest BCUT2D eigenvalue weighted by molar-refractivity contribution is 5.81. The highest BCUT2D eigenvalue weighted by atomic mass is 16.5. The molecule has 102 valence electrons. The lowest BCUT2D eigenvalue weighted by atomic mass is 10.1. The molecule has 2 aromatic carbocycles. The van der Waals surface area contributed by atoms with Crippen molar-refractivity contribution in [3.63, 3.8) is 0 Å². The van der Waals surface area contributed by atoms with Gasteiger partial charge in [0.25, 0.3) is 0 Å². The number of β-amino-alcohol motifs (C(OH)–C–C–N with tert-alkyl or cyclic N) is 1. The highest BCUT2D eigenvalue weighted by Gasteiger charge is 2.16. The lowest BCUT2D eigenvalue weighted by Gasteiger charge is -2.26. The van der Waals surface area contributed by atoms with Crippen molar-refractivity contribution in [3.8, 4) is 0 Å². The van der Waals surface area contributed by atoms with Gasteiger partial charge in [0.05, 0.1) is 12.7 Å². The van der Waals surface area contributed by atoms with Gasteiger partial charge in [-0.1, -0.05) is 48.5 Å². The lowest BCUT2D eigenvalue weighted by molar-refractivity contribution is -0.0585. The molecule has 0 saturated carbocycles. The fourth-order valence-electron chi connectivity index (χ4n) is 1.90. The zero-order valence-electron chi connectivity index (χ0n) is 10.8. The third-order valence-electron chi connectivity index (χ3n) is 2.94. The Balaban J connectivity index is 0.000000141. The monoisotopic (exact) mass is 260 g/mol. The number of aliphatic hydroxyl groups is 1. The van der Waals surface area contributed by atoms with Crippen LogP contribution in [-0.4, -0.2) is 37.1 Å². The molecule has 1 fully saturated rings. The minimum atomic E-state index is -0.368. The average molecular weight is 260 g/mol. The molecule has 0 amide bonds. The molecule has 2 aromatic rings. The summed E-state index contributed by atoms with van der Waals surface area (Å²) in [5.74, 6) is 0. The molecule has 0 aromatic heterocycles. The maximum Gasteiger partial charge on any atom is 0.120 e. The van der Waals surface area contributed by atoms with E-state index in [9.17, 15) is 0 Å². The molecule has 2 unspecified atom stereocenters. The van der Waals surface area contributed by atoms with Crippen LogP contribution in [0.5, 0.6) is 0 Å². The molecule has 1 aliphatic heterocycles. The quantitative estimate of drug-likeness (QED) is 0.718. The zero-order valence-corrected chi connectivity index (χ0v) is 10.8. The molecule has 2 atom stereocenters. The summed E-state index contributed by atoms with van der Waals surface area (Å²) in [7, 11) is 0. The number of hydrogen-bond acceptors (Lipinski definition) is 4. The van der Waals surface area contributed by atoms with E-state index in [4.69, 9.17) is 15.6 Å². The van der Waals surface area contributed by atoms with Gasteiger partial charge in [-0.3, -0.25) is 5.32 Å². The van der Waals surface area contributed by atoms with E-state index in [-0.39, 0.29) is 12.3 Å². The van der Waals surface area contributed by atoms with E-state index in [1.54, 1.807) is 0 Å². The largest absolute Gasteiger partial charge is 0.389 e. The van der Waals surface area contributed by atoms with Crippen LogP contribution in [0.25, 0.3) is 10.8 Å². The number of rotatable bonds is 1. The zero-order chi connectivity index (χ0) is 13.5. The van der Waals surface area contributed by atoms with Crippen LogP contribution in [0.3, 0.4) is 0 Å². The van der Waals surface area contributed by atoms with E-state index in [1.165, 1.54) is 10.8 Å². The number of nitrogens with two attached hydrogens (primary N) is 1. The fourth-order valence-corrected chi connectivity index (χ4v) is 1.90. The Bertz CT molecular complexity index is 431. The summed E-state index contributed by atoms with van der Waals surface area (Å²) >= 11 is 0. The molecule has 19 heavy (non-hydrogen) atoms. The molecule has 0 aliphatic carbocycles. The van der Waals surface area contributed by atoms with Crippen molar-refractivity contribution in [1.82, 2.24) is 5.32 Å². The molecule has 0 bridgehead atoms. The Kier molecular flexibility index (Phi) is 5.30. The minimum absolute atomic E-state index is 0.0617. The topological polar surface area (TPSA) is 67.5 Å². The van der Waals surface area contributed by atoms with Crippen LogP contribution in [0.15, 0.2) is 48.5 Å². The Hall–Kier alpha value is -1.46. The van der Waals surface area contributed by atoms with Crippen molar-refractivity contribution in [2.24, 2.45) is 5.73 Å². The molecular weight excluding hydrogens is 240 g/mol. The van der Waals surface area contributed by atoms with Crippen LogP contribution < -0.4 is 11.1 Å². The molecule has 1 saturated heterocycles.